The lowest BCUT2D eigenvalue weighted by atomic mass is 9.79. The first-order chi connectivity index (χ1) is 13.7. The molecule has 30 heavy (non-hydrogen) atoms. The number of rotatable bonds is 2. The van der Waals surface area contributed by atoms with Gasteiger partial charge < -0.3 is 9.80 Å². The molecule has 0 saturated carbocycles. The van der Waals surface area contributed by atoms with Gasteiger partial charge in [0.25, 0.3) is 11.8 Å². The number of aromatic nitrogens is 3. The van der Waals surface area contributed by atoms with Crippen LogP contribution in [0.3, 0.4) is 0 Å². The average molecular weight is 416 g/mol. The molecule has 0 bridgehead atoms. The van der Waals surface area contributed by atoms with Gasteiger partial charge in [-0.05, 0) is 93.9 Å². The Morgan fingerprint density at radius 3 is 1.27 bits per heavy atom. The predicted molar refractivity (Wildman–Crippen MR) is 116 cm³/mol. The zero-order chi connectivity index (χ0) is 22.5. The van der Waals surface area contributed by atoms with Crippen molar-refractivity contribution >= 4 is 11.8 Å². The number of nitrogens with zero attached hydrogens (tertiary/aromatic N) is 5. The van der Waals surface area contributed by atoms with Gasteiger partial charge in [0.05, 0.1) is 0 Å². The van der Waals surface area contributed by atoms with E-state index >= 15 is 0 Å². The van der Waals surface area contributed by atoms with Gasteiger partial charge in [-0.15, -0.1) is 0 Å². The van der Waals surface area contributed by atoms with Crippen LogP contribution in [-0.2, 0) is 0 Å². The maximum atomic E-state index is 13.5. The minimum Gasteiger partial charge on any atom is -0.326 e. The fourth-order valence-electron chi connectivity index (χ4n) is 5.80. The summed E-state index contributed by atoms with van der Waals surface area (Å²) in [5.41, 5.74) is -1.20. The molecule has 3 rings (SSSR count). The van der Waals surface area contributed by atoms with Crippen LogP contribution in [0, 0.1) is 0 Å². The topological polar surface area (TPSA) is 79.3 Å². The van der Waals surface area contributed by atoms with E-state index in [4.69, 9.17) is 0 Å². The normalized spacial score (nSPS) is 24.4. The zero-order valence-corrected chi connectivity index (χ0v) is 19.9. The number of carbonyl (C=O) groups is 2. The maximum absolute atomic E-state index is 13.5. The molecule has 7 nitrogen and oxygen atoms in total. The fourth-order valence-corrected chi connectivity index (χ4v) is 5.80. The van der Waals surface area contributed by atoms with E-state index in [-0.39, 0.29) is 45.6 Å². The second kappa shape index (κ2) is 7.27. The second-order valence-electron chi connectivity index (χ2n) is 11.4. The number of carbonyl (C=O) groups excluding carboxylic acids is 2. The molecule has 0 radical (unpaired) electrons. The van der Waals surface area contributed by atoms with Gasteiger partial charge in [-0.1, -0.05) is 0 Å². The molecule has 2 amide bonds. The number of amides is 2. The van der Waals surface area contributed by atoms with E-state index < -0.39 is 0 Å². The molecule has 2 aliphatic heterocycles. The van der Waals surface area contributed by atoms with Crippen molar-refractivity contribution in [1.82, 2.24) is 24.8 Å². The summed E-state index contributed by atoms with van der Waals surface area (Å²) in [6.45, 7) is 16.6. The highest BCUT2D eigenvalue weighted by Gasteiger charge is 2.47. The number of hydrogen-bond donors (Lipinski definition) is 0. The summed E-state index contributed by atoms with van der Waals surface area (Å²) in [6.07, 6.45) is 7.14. The summed E-state index contributed by atoms with van der Waals surface area (Å²) in [5.74, 6) is -0.385. The average Bonchev–Trinajstić information content (AvgIpc) is 2.58. The first-order valence-electron chi connectivity index (χ1n) is 11.1. The van der Waals surface area contributed by atoms with Gasteiger partial charge in [0.1, 0.15) is 6.33 Å². The molecule has 0 N–H and O–H groups in total. The van der Waals surface area contributed by atoms with Crippen LogP contribution in [0.5, 0.6) is 0 Å². The van der Waals surface area contributed by atoms with Gasteiger partial charge >= 0.3 is 0 Å². The molecule has 7 heteroatoms. The first kappa shape index (κ1) is 22.6. The summed E-state index contributed by atoms with van der Waals surface area (Å²) in [5, 5.41) is 0. The molecular weight excluding hydrogens is 378 g/mol. The molecule has 2 aliphatic rings. The lowest BCUT2D eigenvalue weighted by Crippen LogP contribution is -2.61. The zero-order valence-electron chi connectivity index (χ0n) is 19.9. The Hall–Kier alpha value is -2.05. The van der Waals surface area contributed by atoms with E-state index in [1.54, 1.807) is 0 Å². The van der Waals surface area contributed by atoms with Crippen molar-refractivity contribution in [2.75, 3.05) is 0 Å². The summed E-state index contributed by atoms with van der Waals surface area (Å²) < 4.78 is 0. The van der Waals surface area contributed by atoms with E-state index in [1.165, 1.54) is 6.33 Å². The lowest BCUT2D eigenvalue weighted by molar-refractivity contribution is -0.0126. The highest BCUT2D eigenvalue weighted by atomic mass is 16.2. The summed E-state index contributed by atoms with van der Waals surface area (Å²) in [7, 11) is 0. The van der Waals surface area contributed by atoms with Crippen LogP contribution in [0.2, 0.25) is 0 Å². The third kappa shape index (κ3) is 3.95. The molecule has 0 aliphatic carbocycles. The van der Waals surface area contributed by atoms with Crippen LogP contribution >= 0.6 is 0 Å². The standard InChI is InChI=1S/C23H37N5O2/c1-20(2)11-9-12-21(3,4)27(20)18(29)16-24-15-25-17(26-16)19(30)28-22(5,6)13-10-14-23(28,7)8/h15H,9-14H2,1-8H3. The minimum atomic E-state index is -0.299. The Morgan fingerprint density at radius 1 is 0.667 bits per heavy atom. The summed E-state index contributed by atoms with van der Waals surface area (Å²) in [6, 6.07) is 0. The third-order valence-corrected chi connectivity index (χ3v) is 6.94. The van der Waals surface area contributed by atoms with E-state index in [1.807, 2.05) is 9.80 Å². The molecule has 1 aromatic rings. The van der Waals surface area contributed by atoms with Crippen molar-refractivity contribution < 1.29 is 9.59 Å². The quantitative estimate of drug-likeness (QED) is 0.722. The van der Waals surface area contributed by atoms with Gasteiger partial charge in [-0.2, -0.15) is 4.98 Å². The largest absolute Gasteiger partial charge is 0.326 e. The smallest absolute Gasteiger partial charge is 0.292 e. The summed E-state index contributed by atoms with van der Waals surface area (Å²) >= 11 is 0. The Balaban J connectivity index is 1.96. The van der Waals surface area contributed by atoms with Gasteiger partial charge in [0, 0.05) is 22.2 Å². The van der Waals surface area contributed by atoms with Gasteiger partial charge in [-0.25, -0.2) is 9.97 Å². The SMILES string of the molecule is CC1(C)CCCC(C)(C)N1C(=O)c1ncnc(C(=O)N2C(C)(C)CCCC2(C)C)n1. The van der Waals surface area contributed by atoms with Gasteiger partial charge in [0.15, 0.2) is 0 Å². The van der Waals surface area contributed by atoms with Gasteiger partial charge in [-0.3, -0.25) is 9.59 Å². The van der Waals surface area contributed by atoms with Crippen LogP contribution in [-0.4, -0.2) is 58.7 Å². The van der Waals surface area contributed by atoms with Crippen molar-refractivity contribution in [3.8, 4) is 0 Å². The Morgan fingerprint density at radius 2 is 0.967 bits per heavy atom. The summed E-state index contributed by atoms with van der Waals surface area (Å²) in [4.78, 5) is 43.5. The van der Waals surface area contributed by atoms with Crippen molar-refractivity contribution in [2.45, 2.75) is 116 Å². The number of piperidine rings is 2. The van der Waals surface area contributed by atoms with Crippen molar-refractivity contribution in [3.05, 3.63) is 18.0 Å². The second-order valence-corrected chi connectivity index (χ2v) is 11.4. The fraction of sp³-hybridized carbons (Fsp3) is 0.783. The van der Waals surface area contributed by atoms with Crippen molar-refractivity contribution in [2.24, 2.45) is 0 Å². The Bertz CT molecular complexity index is 747. The molecule has 166 valence electrons. The molecule has 0 unspecified atom stereocenters. The Labute approximate surface area is 180 Å². The van der Waals surface area contributed by atoms with E-state index in [2.05, 4.69) is 70.3 Å². The van der Waals surface area contributed by atoms with Crippen LogP contribution in [0.15, 0.2) is 6.33 Å². The van der Waals surface area contributed by atoms with Crippen LogP contribution < -0.4 is 0 Å². The molecule has 1 aromatic heterocycles. The van der Waals surface area contributed by atoms with Crippen molar-refractivity contribution in [1.29, 1.82) is 0 Å². The van der Waals surface area contributed by atoms with Crippen LogP contribution in [0.4, 0.5) is 0 Å². The monoisotopic (exact) mass is 415 g/mol. The third-order valence-electron chi connectivity index (χ3n) is 6.94. The Kier molecular flexibility index (Phi) is 5.49. The minimum absolute atomic E-state index is 0.0454. The van der Waals surface area contributed by atoms with Crippen LogP contribution in [0.1, 0.15) is 115 Å². The molecule has 0 spiro atoms. The molecule has 2 saturated heterocycles. The first-order valence-corrected chi connectivity index (χ1v) is 11.1. The maximum Gasteiger partial charge on any atom is 0.292 e. The predicted octanol–water partition coefficient (Wildman–Crippen LogP) is 4.24. The molecular formula is C23H37N5O2. The van der Waals surface area contributed by atoms with Crippen molar-refractivity contribution in [3.63, 3.8) is 0 Å². The van der Waals surface area contributed by atoms with E-state index in [9.17, 15) is 9.59 Å². The number of likely N-dealkylation sites (tertiary alicyclic amines) is 2. The molecule has 0 atom stereocenters. The molecule has 0 aromatic carbocycles. The highest BCUT2D eigenvalue weighted by molar-refractivity contribution is 5.95. The lowest BCUT2D eigenvalue weighted by Gasteiger charge is -2.52. The molecule has 2 fully saturated rings. The highest BCUT2D eigenvalue weighted by Crippen LogP contribution is 2.40. The van der Waals surface area contributed by atoms with E-state index in [0.29, 0.717) is 0 Å². The van der Waals surface area contributed by atoms with Crippen LogP contribution in [0.25, 0.3) is 0 Å². The number of hydrogen-bond acceptors (Lipinski definition) is 5. The molecule has 3 heterocycles. The van der Waals surface area contributed by atoms with E-state index in [0.717, 1.165) is 38.5 Å². The van der Waals surface area contributed by atoms with Gasteiger partial charge in [0.2, 0.25) is 11.6 Å².